The fourth-order valence-corrected chi connectivity index (χ4v) is 2.97. The predicted molar refractivity (Wildman–Crippen MR) is 95.1 cm³/mol. The third-order valence-corrected chi connectivity index (χ3v) is 4.08. The molecule has 0 bridgehead atoms. The van der Waals surface area contributed by atoms with Crippen LogP contribution in [0.2, 0.25) is 0 Å². The zero-order valence-corrected chi connectivity index (χ0v) is 16.3. The highest BCUT2D eigenvalue weighted by Crippen LogP contribution is 2.33. The van der Waals surface area contributed by atoms with Gasteiger partial charge in [-0.2, -0.15) is 10.1 Å². The Labute approximate surface area is 169 Å². The molecule has 0 spiro atoms. The molecule has 1 aliphatic heterocycles. The van der Waals surface area contributed by atoms with Crippen LogP contribution in [0.4, 0.5) is 0 Å². The fourth-order valence-electron chi connectivity index (χ4n) is 2.97. The van der Waals surface area contributed by atoms with Crippen LogP contribution in [-0.2, 0) is 33.3 Å². The summed E-state index contributed by atoms with van der Waals surface area (Å²) < 4.78 is 23.7. The van der Waals surface area contributed by atoms with Crippen molar-refractivity contribution in [2.45, 2.75) is 45.3 Å². The molecular formula is C17H19N5O8. The van der Waals surface area contributed by atoms with Crippen molar-refractivity contribution in [3.8, 4) is 5.82 Å². The summed E-state index contributed by atoms with van der Waals surface area (Å²) in [6, 6.07) is 1.48. The number of hydrogen-bond donors (Lipinski definition) is 0. The van der Waals surface area contributed by atoms with Crippen LogP contribution in [0.3, 0.4) is 0 Å². The number of carbonyl (C=O) groups excluding carboxylic acids is 3. The lowest BCUT2D eigenvalue weighted by atomic mass is 10.1. The zero-order chi connectivity index (χ0) is 21.8. The van der Waals surface area contributed by atoms with Crippen molar-refractivity contribution >= 4 is 17.9 Å². The van der Waals surface area contributed by atoms with Crippen LogP contribution < -0.4 is 5.69 Å². The number of aromatic nitrogens is 5. The van der Waals surface area contributed by atoms with Gasteiger partial charge in [0.05, 0.1) is 0 Å². The van der Waals surface area contributed by atoms with E-state index in [0.29, 0.717) is 0 Å². The van der Waals surface area contributed by atoms with Crippen LogP contribution in [0.5, 0.6) is 0 Å². The fraction of sp³-hybridized carbons (Fsp3) is 0.471. The van der Waals surface area contributed by atoms with E-state index in [0.717, 1.165) is 11.5 Å². The minimum absolute atomic E-state index is 0.212. The molecule has 0 aliphatic carbocycles. The number of nitrogens with zero attached hydrogens (tertiary/aromatic N) is 5. The summed E-state index contributed by atoms with van der Waals surface area (Å²) in [5.41, 5.74) is -0.736. The first-order valence-corrected chi connectivity index (χ1v) is 8.83. The topological polar surface area (TPSA) is 154 Å². The van der Waals surface area contributed by atoms with Crippen molar-refractivity contribution < 1.29 is 33.3 Å². The summed E-state index contributed by atoms with van der Waals surface area (Å²) in [4.78, 5) is 54.8. The van der Waals surface area contributed by atoms with Gasteiger partial charge in [-0.3, -0.25) is 19.0 Å². The maximum atomic E-state index is 12.6. The number of carbonyl (C=O) groups is 3. The van der Waals surface area contributed by atoms with Crippen molar-refractivity contribution in [1.29, 1.82) is 0 Å². The Morgan fingerprint density at radius 3 is 2.37 bits per heavy atom. The Kier molecular flexibility index (Phi) is 6.20. The largest absolute Gasteiger partial charge is 0.463 e. The maximum absolute atomic E-state index is 12.6. The number of ether oxygens (including phenoxy) is 4. The molecule has 30 heavy (non-hydrogen) atoms. The van der Waals surface area contributed by atoms with Crippen LogP contribution in [0.15, 0.2) is 29.7 Å². The van der Waals surface area contributed by atoms with Crippen molar-refractivity contribution in [3.05, 3.63) is 35.4 Å². The second kappa shape index (κ2) is 8.82. The van der Waals surface area contributed by atoms with E-state index in [1.807, 2.05) is 0 Å². The van der Waals surface area contributed by atoms with Gasteiger partial charge < -0.3 is 18.9 Å². The van der Waals surface area contributed by atoms with E-state index in [-0.39, 0.29) is 12.4 Å². The summed E-state index contributed by atoms with van der Waals surface area (Å²) in [6.07, 6.45) is -0.426. The third kappa shape index (κ3) is 4.68. The second-order valence-corrected chi connectivity index (χ2v) is 6.33. The normalized spacial score (nSPS) is 23.0. The average molecular weight is 421 g/mol. The summed E-state index contributed by atoms with van der Waals surface area (Å²) in [7, 11) is 0. The Morgan fingerprint density at radius 1 is 1.10 bits per heavy atom. The van der Waals surface area contributed by atoms with Gasteiger partial charge in [0.15, 0.2) is 24.3 Å². The minimum atomic E-state index is -1.18. The Morgan fingerprint density at radius 2 is 1.80 bits per heavy atom. The van der Waals surface area contributed by atoms with Gasteiger partial charge >= 0.3 is 23.6 Å². The quantitative estimate of drug-likeness (QED) is 0.423. The highest BCUT2D eigenvalue weighted by molar-refractivity contribution is 5.68. The highest BCUT2D eigenvalue weighted by atomic mass is 16.7. The first-order chi connectivity index (χ1) is 14.3. The van der Waals surface area contributed by atoms with Crippen LogP contribution in [0, 0.1) is 0 Å². The van der Waals surface area contributed by atoms with Gasteiger partial charge in [0, 0.05) is 27.0 Å². The molecule has 13 heteroatoms. The molecular weight excluding hydrogens is 402 g/mol. The Hall–Kier alpha value is -3.61. The molecule has 1 fully saturated rings. The van der Waals surface area contributed by atoms with E-state index in [2.05, 4.69) is 15.1 Å². The third-order valence-electron chi connectivity index (χ3n) is 4.08. The second-order valence-electron chi connectivity index (χ2n) is 6.33. The van der Waals surface area contributed by atoms with Gasteiger partial charge in [0.2, 0.25) is 0 Å². The number of esters is 3. The maximum Gasteiger partial charge on any atom is 0.351 e. The molecule has 160 valence electrons. The van der Waals surface area contributed by atoms with E-state index in [1.165, 1.54) is 43.4 Å². The summed E-state index contributed by atoms with van der Waals surface area (Å²) in [6.45, 7) is 3.26. The number of rotatable bonds is 6. The van der Waals surface area contributed by atoms with Gasteiger partial charge in [0.25, 0.3) is 0 Å². The van der Waals surface area contributed by atoms with E-state index in [4.69, 9.17) is 18.9 Å². The number of hydrogen-bond acceptors (Lipinski definition) is 11. The lowest BCUT2D eigenvalue weighted by Crippen LogP contribution is -2.41. The molecule has 3 heterocycles. The van der Waals surface area contributed by atoms with Gasteiger partial charge in [-0.15, -0.1) is 0 Å². The minimum Gasteiger partial charge on any atom is -0.463 e. The molecule has 2 aromatic heterocycles. The van der Waals surface area contributed by atoms with Crippen LogP contribution in [-0.4, -0.2) is 67.1 Å². The van der Waals surface area contributed by atoms with Crippen LogP contribution in [0.25, 0.3) is 5.82 Å². The molecule has 13 nitrogen and oxygen atoms in total. The molecule has 2 aromatic rings. The van der Waals surface area contributed by atoms with Crippen LogP contribution >= 0.6 is 0 Å². The standard InChI is InChI=1S/C17H19N5O8/c1-9(23)27-6-12-14(28-10(2)24)15(29-11(3)25)16(30-12)21-5-4-13(20-17(21)26)22-8-18-7-19-22/h4-5,7-8,12,14-16H,6H2,1-3H3. The average Bonchev–Trinajstić information content (AvgIpc) is 3.29. The van der Waals surface area contributed by atoms with E-state index in [9.17, 15) is 19.2 Å². The Balaban J connectivity index is 1.96. The summed E-state index contributed by atoms with van der Waals surface area (Å²) in [5, 5.41) is 3.90. The summed E-state index contributed by atoms with van der Waals surface area (Å²) in [5.74, 6) is -1.71. The van der Waals surface area contributed by atoms with Gasteiger partial charge in [-0.1, -0.05) is 0 Å². The van der Waals surface area contributed by atoms with Gasteiger partial charge in [-0.25, -0.2) is 14.5 Å². The lowest BCUT2D eigenvalue weighted by Gasteiger charge is -2.23. The van der Waals surface area contributed by atoms with Gasteiger partial charge in [-0.05, 0) is 6.07 Å². The van der Waals surface area contributed by atoms with Crippen molar-refractivity contribution in [2.24, 2.45) is 0 Å². The molecule has 4 unspecified atom stereocenters. The lowest BCUT2D eigenvalue weighted by molar-refractivity contribution is -0.166. The first-order valence-electron chi connectivity index (χ1n) is 8.83. The molecule has 0 aromatic carbocycles. The molecule has 1 aliphatic rings. The molecule has 4 atom stereocenters. The molecule has 3 rings (SSSR count). The molecule has 1 saturated heterocycles. The molecule has 0 N–H and O–H groups in total. The van der Waals surface area contributed by atoms with Gasteiger partial charge in [0.1, 0.15) is 25.4 Å². The first kappa shape index (κ1) is 21.1. The van der Waals surface area contributed by atoms with Crippen molar-refractivity contribution in [2.75, 3.05) is 6.61 Å². The highest BCUT2D eigenvalue weighted by Gasteiger charge is 2.50. The smallest absolute Gasteiger partial charge is 0.351 e. The summed E-state index contributed by atoms with van der Waals surface area (Å²) >= 11 is 0. The van der Waals surface area contributed by atoms with E-state index in [1.54, 1.807) is 0 Å². The van der Waals surface area contributed by atoms with E-state index >= 15 is 0 Å². The monoisotopic (exact) mass is 421 g/mol. The Bertz CT molecular complexity index is 988. The van der Waals surface area contributed by atoms with E-state index < -0.39 is 48.1 Å². The SMILES string of the molecule is CC(=O)OCC1OC(n2ccc(-n3cncn3)nc2=O)C(OC(C)=O)C1OC(C)=O. The molecule has 0 saturated carbocycles. The van der Waals surface area contributed by atoms with Crippen LogP contribution in [0.1, 0.15) is 27.0 Å². The zero-order valence-electron chi connectivity index (χ0n) is 16.3. The molecule has 0 amide bonds. The molecule has 0 radical (unpaired) electrons. The predicted octanol–water partition coefficient (Wildman–Crippen LogP) is -0.852. The van der Waals surface area contributed by atoms with Crippen molar-refractivity contribution in [3.63, 3.8) is 0 Å². The van der Waals surface area contributed by atoms with Crippen molar-refractivity contribution in [1.82, 2.24) is 24.3 Å².